The molecular weight excluding hydrogens is 422 g/mol. The van der Waals surface area contributed by atoms with E-state index in [2.05, 4.69) is 10.0 Å². The molecule has 160 valence electrons. The van der Waals surface area contributed by atoms with E-state index in [1.54, 1.807) is 30.3 Å². The highest BCUT2D eigenvalue weighted by atomic mass is 32.2. The van der Waals surface area contributed by atoms with E-state index in [-0.39, 0.29) is 33.3 Å². The fourth-order valence-corrected chi connectivity index (χ4v) is 4.02. The lowest BCUT2D eigenvalue weighted by atomic mass is 10.2. The Kier molecular flexibility index (Phi) is 6.21. The van der Waals surface area contributed by atoms with E-state index in [0.29, 0.717) is 5.56 Å². The number of anilines is 2. The molecule has 0 unspecified atom stereocenters. The van der Waals surface area contributed by atoms with E-state index in [9.17, 15) is 23.3 Å². The van der Waals surface area contributed by atoms with Crippen LogP contribution in [0.3, 0.4) is 0 Å². The van der Waals surface area contributed by atoms with E-state index in [1.165, 1.54) is 50.4 Å². The number of nitro groups is 1. The molecule has 0 aliphatic carbocycles. The van der Waals surface area contributed by atoms with E-state index in [0.717, 1.165) is 0 Å². The lowest BCUT2D eigenvalue weighted by Crippen LogP contribution is -2.16. The summed E-state index contributed by atoms with van der Waals surface area (Å²) >= 11 is 0. The number of nitrogens with one attached hydrogen (secondary N) is 2. The topological polar surface area (TPSA) is 128 Å². The number of nitrogens with zero attached hydrogens (tertiary/aromatic N) is 1. The van der Waals surface area contributed by atoms with Crippen molar-refractivity contribution < 1.29 is 22.9 Å². The first kappa shape index (κ1) is 21.8. The summed E-state index contributed by atoms with van der Waals surface area (Å²) in [5.41, 5.74) is 0.617. The second-order valence-corrected chi connectivity index (χ2v) is 8.18. The molecule has 0 aromatic heterocycles. The number of rotatable bonds is 7. The van der Waals surface area contributed by atoms with Crippen LogP contribution in [-0.4, -0.2) is 26.4 Å². The van der Waals surface area contributed by atoms with Crippen LogP contribution in [0, 0.1) is 17.0 Å². The number of carbonyl (C=O) groups is 1. The van der Waals surface area contributed by atoms with Crippen molar-refractivity contribution in [1.29, 1.82) is 0 Å². The van der Waals surface area contributed by atoms with Gasteiger partial charge in [-0.15, -0.1) is 0 Å². The molecule has 9 nitrogen and oxygen atoms in total. The third-order valence-electron chi connectivity index (χ3n) is 4.51. The van der Waals surface area contributed by atoms with Crippen molar-refractivity contribution in [1.82, 2.24) is 0 Å². The van der Waals surface area contributed by atoms with E-state index in [1.807, 2.05) is 0 Å². The summed E-state index contributed by atoms with van der Waals surface area (Å²) in [6, 6.07) is 16.5. The van der Waals surface area contributed by atoms with Gasteiger partial charge in [0.25, 0.3) is 21.6 Å². The molecule has 0 saturated carbocycles. The lowest BCUT2D eigenvalue weighted by molar-refractivity contribution is -0.385. The summed E-state index contributed by atoms with van der Waals surface area (Å²) in [6.45, 7) is 1.45. The molecule has 3 aromatic carbocycles. The summed E-state index contributed by atoms with van der Waals surface area (Å²) in [6.07, 6.45) is 0. The third-order valence-corrected chi connectivity index (χ3v) is 5.87. The normalized spacial score (nSPS) is 10.9. The van der Waals surface area contributed by atoms with Gasteiger partial charge in [0.1, 0.15) is 5.75 Å². The number of sulfonamides is 1. The van der Waals surface area contributed by atoms with Crippen molar-refractivity contribution in [2.24, 2.45) is 0 Å². The molecule has 0 bridgehead atoms. The van der Waals surface area contributed by atoms with Crippen LogP contribution in [0.5, 0.6) is 5.75 Å². The van der Waals surface area contributed by atoms with Gasteiger partial charge in [-0.1, -0.05) is 24.3 Å². The average Bonchev–Trinajstić information content (AvgIpc) is 2.75. The van der Waals surface area contributed by atoms with Crippen molar-refractivity contribution >= 4 is 33.0 Å². The molecule has 3 rings (SSSR count). The van der Waals surface area contributed by atoms with Crippen molar-refractivity contribution in [3.8, 4) is 5.75 Å². The Morgan fingerprint density at radius 1 is 1.00 bits per heavy atom. The quantitative estimate of drug-likeness (QED) is 0.422. The third kappa shape index (κ3) is 4.81. The molecule has 31 heavy (non-hydrogen) atoms. The first-order chi connectivity index (χ1) is 14.7. The number of nitro benzene ring substituents is 1. The molecule has 0 heterocycles. The van der Waals surface area contributed by atoms with Gasteiger partial charge in [-0.2, -0.15) is 0 Å². The summed E-state index contributed by atoms with van der Waals surface area (Å²) in [7, 11) is -2.71. The van der Waals surface area contributed by atoms with Gasteiger partial charge in [0.15, 0.2) is 0 Å². The van der Waals surface area contributed by atoms with Crippen molar-refractivity contribution in [3.63, 3.8) is 0 Å². The van der Waals surface area contributed by atoms with Crippen LogP contribution in [0.15, 0.2) is 71.6 Å². The molecule has 2 N–H and O–H groups in total. The monoisotopic (exact) mass is 441 g/mol. The molecule has 0 aliphatic rings. The van der Waals surface area contributed by atoms with E-state index in [4.69, 9.17) is 4.74 Å². The smallest absolute Gasteiger partial charge is 0.274 e. The highest BCUT2D eigenvalue weighted by Crippen LogP contribution is 2.31. The first-order valence-corrected chi connectivity index (χ1v) is 10.5. The zero-order chi connectivity index (χ0) is 22.6. The Balaban J connectivity index is 1.94. The second-order valence-electron chi connectivity index (χ2n) is 6.49. The lowest BCUT2D eigenvalue weighted by Gasteiger charge is -2.14. The Hall–Kier alpha value is -3.92. The summed E-state index contributed by atoms with van der Waals surface area (Å²) in [5, 5.41) is 13.8. The summed E-state index contributed by atoms with van der Waals surface area (Å²) < 4.78 is 33.4. The number of amides is 1. The maximum Gasteiger partial charge on any atom is 0.274 e. The van der Waals surface area contributed by atoms with Crippen LogP contribution in [0.1, 0.15) is 15.9 Å². The van der Waals surface area contributed by atoms with E-state index < -0.39 is 20.9 Å². The van der Waals surface area contributed by atoms with Gasteiger partial charge in [0, 0.05) is 11.6 Å². The van der Waals surface area contributed by atoms with Gasteiger partial charge in [0.05, 0.1) is 33.9 Å². The molecular formula is C21H19N3O6S. The first-order valence-electron chi connectivity index (χ1n) is 9.04. The summed E-state index contributed by atoms with van der Waals surface area (Å²) in [4.78, 5) is 22.9. The molecule has 0 aliphatic heterocycles. The number of benzene rings is 3. The largest absolute Gasteiger partial charge is 0.495 e. The number of ether oxygens (including phenoxy) is 1. The van der Waals surface area contributed by atoms with Gasteiger partial charge < -0.3 is 10.1 Å². The van der Waals surface area contributed by atoms with Crippen LogP contribution < -0.4 is 14.8 Å². The molecule has 0 radical (unpaired) electrons. The standard InChI is InChI=1S/C21H19N3O6S/c1-14-17(9-6-10-19(14)24(26)27)23-31(28,29)16-11-12-20(30-2)18(13-16)22-21(25)15-7-4-3-5-8-15/h3-13,23H,1-2H3,(H,22,25). The van der Waals surface area contributed by atoms with Gasteiger partial charge in [-0.25, -0.2) is 8.42 Å². The predicted molar refractivity (Wildman–Crippen MR) is 116 cm³/mol. The van der Waals surface area contributed by atoms with Gasteiger partial charge in [-0.05, 0) is 43.3 Å². The highest BCUT2D eigenvalue weighted by molar-refractivity contribution is 7.92. The zero-order valence-electron chi connectivity index (χ0n) is 16.7. The Bertz CT molecular complexity index is 1240. The van der Waals surface area contributed by atoms with Gasteiger partial charge in [0.2, 0.25) is 0 Å². The molecule has 10 heteroatoms. The molecule has 0 fully saturated rings. The zero-order valence-corrected chi connectivity index (χ0v) is 17.5. The Morgan fingerprint density at radius 3 is 2.35 bits per heavy atom. The second kappa shape index (κ2) is 8.84. The van der Waals surface area contributed by atoms with Crippen LogP contribution in [0.2, 0.25) is 0 Å². The SMILES string of the molecule is COc1ccc(S(=O)(=O)Nc2cccc([N+](=O)[O-])c2C)cc1NC(=O)c1ccccc1. The number of hydrogen-bond acceptors (Lipinski definition) is 6. The number of carbonyl (C=O) groups excluding carboxylic acids is 1. The Morgan fingerprint density at radius 2 is 1.71 bits per heavy atom. The number of hydrogen-bond donors (Lipinski definition) is 2. The van der Waals surface area contributed by atoms with Crippen LogP contribution in [-0.2, 0) is 10.0 Å². The fraction of sp³-hybridized carbons (Fsp3) is 0.0952. The van der Waals surface area contributed by atoms with Crippen molar-refractivity contribution in [2.45, 2.75) is 11.8 Å². The van der Waals surface area contributed by atoms with Crippen LogP contribution >= 0.6 is 0 Å². The predicted octanol–water partition coefficient (Wildman–Crippen LogP) is 3.96. The summed E-state index contributed by atoms with van der Waals surface area (Å²) in [5.74, 6) is -0.161. The molecule has 1 amide bonds. The number of methoxy groups -OCH3 is 1. The molecule has 0 atom stereocenters. The Labute approximate surface area is 178 Å². The molecule has 0 spiro atoms. The van der Waals surface area contributed by atoms with Crippen LogP contribution in [0.4, 0.5) is 17.1 Å². The molecule has 0 saturated heterocycles. The minimum atomic E-state index is -4.11. The fourth-order valence-electron chi connectivity index (χ4n) is 2.87. The van der Waals surface area contributed by atoms with Crippen molar-refractivity contribution in [3.05, 3.63) is 88.0 Å². The maximum atomic E-state index is 12.9. The molecule has 3 aromatic rings. The average molecular weight is 441 g/mol. The van der Waals surface area contributed by atoms with E-state index >= 15 is 0 Å². The minimum Gasteiger partial charge on any atom is -0.495 e. The minimum absolute atomic E-state index is 0.0832. The van der Waals surface area contributed by atoms with Gasteiger partial charge >= 0.3 is 0 Å². The maximum absolute atomic E-state index is 12.9. The van der Waals surface area contributed by atoms with Crippen molar-refractivity contribution in [2.75, 3.05) is 17.1 Å². The van der Waals surface area contributed by atoms with Gasteiger partial charge in [-0.3, -0.25) is 19.6 Å². The van der Waals surface area contributed by atoms with Crippen LogP contribution in [0.25, 0.3) is 0 Å². The highest BCUT2D eigenvalue weighted by Gasteiger charge is 2.21.